The van der Waals surface area contributed by atoms with E-state index in [1.54, 1.807) is 6.92 Å². The molecular formula is C28H27NO4. The van der Waals surface area contributed by atoms with E-state index >= 15 is 0 Å². The first-order valence-corrected chi connectivity index (χ1v) is 11.2. The second-order valence-corrected chi connectivity index (χ2v) is 7.83. The van der Waals surface area contributed by atoms with Gasteiger partial charge in [0.05, 0.1) is 18.8 Å². The molecule has 3 aromatic rings. The predicted molar refractivity (Wildman–Crippen MR) is 129 cm³/mol. The number of hydrogen-bond acceptors (Lipinski definition) is 4. The van der Waals surface area contributed by atoms with E-state index in [4.69, 9.17) is 9.47 Å². The molecule has 1 aliphatic rings. The molecule has 1 aliphatic carbocycles. The first-order valence-electron chi connectivity index (χ1n) is 11.2. The summed E-state index contributed by atoms with van der Waals surface area (Å²) in [5, 5.41) is 12.5. The smallest absolute Gasteiger partial charge is 0.345 e. The highest BCUT2D eigenvalue weighted by atomic mass is 16.5. The van der Waals surface area contributed by atoms with Crippen LogP contribution in [0.15, 0.2) is 84.4 Å². The van der Waals surface area contributed by atoms with Crippen molar-refractivity contribution >= 4 is 17.3 Å². The van der Waals surface area contributed by atoms with Gasteiger partial charge in [-0.05, 0) is 49.1 Å². The summed E-state index contributed by atoms with van der Waals surface area (Å²) >= 11 is 0. The van der Waals surface area contributed by atoms with E-state index in [0.717, 1.165) is 28.7 Å². The Morgan fingerprint density at radius 2 is 1.64 bits per heavy atom. The van der Waals surface area contributed by atoms with Crippen LogP contribution in [0.2, 0.25) is 0 Å². The summed E-state index contributed by atoms with van der Waals surface area (Å²) in [5.41, 5.74) is 4.92. The fourth-order valence-electron chi connectivity index (χ4n) is 4.16. The van der Waals surface area contributed by atoms with Gasteiger partial charge in [0, 0.05) is 11.1 Å². The lowest BCUT2D eigenvalue weighted by molar-refractivity contribution is -0.421. The second kappa shape index (κ2) is 10.2. The number of nitrogens with zero attached hydrogens (tertiary/aromatic N) is 1. The Morgan fingerprint density at radius 1 is 0.939 bits per heavy atom. The van der Waals surface area contributed by atoms with Crippen molar-refractivity contribution in [3.8, 4) is 5.75 Å². The van der Waals surface area contributed by atoms with Crippen LogP contribution in [0.5, 0.6) is 5.75 Å². The van der Waals surface area contributed by atoms with Crippen molar-refractivity contribution in [1.29, 1.82) is 0 Å². The third-order valence-electron chi connectivity index (χ3n) is 5.58. The van der Waals surface area contributed by atoms with Crippen molar-refractivity contribution in [2.45, 2.75) is 19.8 Å². The number of rotatable bonds is 8. The summed E-state index contributed by atoms with van der Waals surface area (Å²) in [6.07, 6.45) is 1.82. The van der Waals surface area contributed by atoms with Gasteiger partial charge in [0.25, 0.3) is 0 Å². The van der Waals surface area contributed by atoms with Crippen LogP contribution < -0.4 is 4.74 Å². The highest BCUT2D eigenvalue weighted by Gasteiger charge is 2.38. The Labute approximate surface area is 194 Å². The topological polar surface area (TPSA) is 61.6 Å². The standard InChI is InChI=1S/C28H27NO4/c1-3-32-28(30)26-25(21-14-8-5-9-15-21)24-19-22(16-17-23(24)27(26)29(2)31)33-18-10-13-20-11-6-4-7-12-20/h4-9,11-12,14-17,19H,3,10,13,18H2,1-2H3/b29-27+. The van der Waals surface area contributed by atoms with Crippen LogP contribution in [0.25, 0.3) is 5.57 Å². The van der Waals surface area contributed by atoms with Gasteiger partial charge in [-0.15, -0.1) is 0 Å². The van der Waals surface area contributed by atoms with E-state index < -0.39 is 5.97 Å². The molecule has 0 saturated carbocycles. The van der Waals surface area contributed by atoms with E-state index in [2.05, 4.69) is 12.1 Å². The molecule has 0 radical (unpaired) electrons. The maximum atomic E-state index is 12.9. The number of ether oxygens (including phenoxy) is 2. The van der Waals surface area contributed by atoms with E-state index in [0.29, 0.717) is 29.2 Å². The van der Waals surface area contributed by atoms with E-state index in [1.165, 1.54) is 12.6 Å². The minimum absolute atomic E-state index is 0.229. The summed E-state index contributed by atoms with van der Waals surface area (Å²) in [6, 6.07) is 25.5. The number of benzene rings is 3. The minimum Gasteiger partial charge on any atom is -0.624 e. The molecule has 33 heavy (non-hydrogen) atoms. The van der Waals surface area contributed by atoms with Gasteiger partial charge in [-0.25, -0.2) is 9.53 Å². The van der Waals surface area contributed by atoms with Crippen LogP contribution in [0.1, 0.15) is 35.6 Å². The van der Waals surface area contributed by atoms with Crippen LogP contribution in [0, 0.1) is 5.21 Å². The van der Waals surface area contributed by atoms with Crippen molar-refractivity contribution in [3.63, 3.8) is 0 Å². The van der Waals surface area contributed by atoms with Gasteiger partial charge >= 0.3 is 5.97 Å². The molecule has 0 N–H and O–H groups in total. The quantitative estimate of drug-likeness (QED) is 0.162. The zero-order valence-electron chi connectivity index (χ0n) is 18.9. The normalized spacial score (nSPS) is 14.1. The van der Waals surface area contributed by atoms with Gasteiger partial charge in [-0.2, -0.15) is 0 Å². The molecule has 0 spiro atoms. The summed E-state index contributed by atoms with van der Waals surface area (Å²) in [6.45, 7) is 2.55. The Balaban J connectivity index is 1.67. The largest absolute Gasteiger partial charge is 0.624 e. The van der Waals surface area contributed by atoms with Crippen molar-refractivity contribution < 1.29 is 19.0 Å². The number of aryl methyl sites for hydroxylation is 1. The van der Waals surface area contributed by atoms with E-state index in [-0.39, 0.29) is 12.2 Å². The Morgan fingerprint density at radius 3 is 2.30 bits per heavy atom. The number of carbonyl (C=O) groups is 1. The van der Waals surface area contributed by atoms with E-state index in [9.17, 15) is 10.0 Å². The number of hydroxylamine groups is 1. The van der Waals surface area contributed by atoms with Crippen LogP contribution in [0.3, 0.4) is 0 Å². The molecule has 0 heterocycles. The maximum absolute atomic E-state index is 12.9. The zero-order chi connectivity index (χ0) is 23.2. The van der Waals surface area contributed by atoms with Crippen molar-refractivity contribution in [3.05, 3.63) is 112 Å². The molecule has 168 valence electrons. The molecule has 4 rings (SSSR count). The fourth-order valence-corrected chi connectivity index (χ4v) is 4.16. The van der Waals surface area contributed by atoms with Gasteiger partial charge < -0.3 is 14.7 Å². The first-order chi connectivity index (χ1) is 16.1. The number of esters is 1. The molecule has 3 aromatic carbocycles. The molecule has 0 amide bonds. The molecular weight excluding hydrogens is 414 g/mol. The molecule has 5 heteroatoms. The number of carbonyl (C=O) groups excluding carboxylic acids is 1. The third kappa shape index (κ3) is 4.82. The van der Waals surface area contributed by atoms with Gasteiger partial charge in [0.1, 0.15) is 18.4 Å². The molecule has 0 unspecified atom stereocenters. The van der Waals surface area contributed by atoms with Gasteiger partial charge in [0.15, 0.2) is 0 Å². The highest BCUT2D eigenvalue weighted by Crippen LogP contribution is 2.40. The average Bonchev–Trinajstić information content (AvgIpc) is 3.18. The summed E-state index contributed by atoms with van der Waals surface area (Å²) < 4.78 is 12.1. The molecule has 0 aliphatic heterocycles. The fraction of sp³-hybridized carbons (Fsp3) is 0.214. The third-order valence-corrected chi connectivity index (χ3v) is 5.58. The monoisotopic (exact) mass is 441 g/mol. The zero-order valence-corrected chi connectivity index (χ0v) is 18.9. The van der Waals surface area contributed by atoms with Crippen LogP contribution in [0.4, 0.5) is 0 Å². The highest BCUT2D eigenvalue weighted by molar-refractivity contribution is 6.35. The van der Waals surface area contributed by atoms with Gasteiger partial charge in [-0.1, -0.05) is 60.7 Å². The van der Waals surface area contributed by atoms with Crippen LogP contribution in [-0.2, 0) is 16.0 Å². The van der Waals surface area contributed by atoms with Crippen molar-refractivity contribution in [1.82, 2.24) is 0 Å². The Hall–Kier alpha value is -3.86. The average molecular weight is 442 g/mol. The maximum Gasteiger partial charge on any atom is 0.345 e. The summed E-state index contributed by atoms with van der Waals surface area (Å²) in [4.78, 5) is 12.9. The summed E-state index contributed by atoms with van der Waals surface area (Å²) in [7, 11) is 1.40. The first kappa shape index (κ1) is 22.3. The molecule has 5 nitrogen and oxygen atoms in total. The number of hydrogen-bond donors (Lipinski definition) is 0. The SMILES string of the molecule is CCOC(=O)C1=C(c2ccccc2)c2cc(OCCCc3ccccc3)ccc2/C1=[N+](/C)[O-]. The number of fused-ring (bicyclic) bond motifs is 1. The lowest BCUT2D eigenvalue weighted by Gasteiger charge is -2.10. The minimum atomic E-state index is -0.504. The Bertz CT molecular complexity index is 1190. The molecule has 0 fully saturated rings. The Kier molecular flexibility index (Phi) is 6.89. The molecule has 0 atom stereocenters. The molecule has 0 saturated heterocycles. The van der Waals surface area contributed by atoms with Crippen molar-refractivity contribution in [2.24, 2.45) is 0 Å². The van der Waals surface area contributed by atoms with Crippen LogP contribution in [-0.4, -0.2) is 36.7 Å². The molecule has 0 aromatic heterocycles. The van der Waals surface area contributed by atoms with Crippen molar-refractivity contribution in [2.75, 3.05) is 20.3 Å². The van der Waals surface area contributed by atoms with Crippen LogP contribution >= 0.6 is 0 Å². The molecule has 0 bridgehead atoms. The second-order valence-electron chi connectivity index (χ2n) is 7.83. The van der Waals surface area contributed by atoms with E-state index in [1.807, 2.05) is 66.7 Å². The summed E-state index contributed by atoms with van der Waals surface area (Å²) in [5.74, 6) is 0.198. The predicted octanol–water partition coefficient (Wildman–Crippen LogP) is 5.01. The van der Waals surface area contributed by atoms with Gasteiger partial charge in [-0.3, -0.25) is 0 Å². The lowest BCUT2D eigenvalue weighted by atomic mass is 9.97. The van der Waals surface area contributed by atoms with Gasteiger partial charge in [0.2, 0.25) is 5.71 Å². The lowest BCUT2D eigenvalue weighted by Crippen LogP contribution is -2.21.